The zero-order valence-electron chi connectivity index (χ0n) is 17.3. The average molecular weight is 483 g/mol. The number of H-pyrrole nitrogens is 1. The summed E-state index contributed by atoms with van der Waals surface area (Å²) in [7, 11) is 0. The second-order valence-electron chi connectivity index (χ2n) is 8.08. The summed E-state index contributed by atoms with van der Waals surface area (Å²) < 4.78 is 5.48. The monoisotopic (exact) mass is 482 g/mol. The predicted molar refractivity (Wildman–Crippen MR) is 120 cm³/mol. The fourth-order valence-electron chi connectivity index (χ4n) is 4.38. The summed E-state index contributed by atoms with van der Waals surface area (Å²) in [6.45, 7) is 0.496. The molecule has 0 saturated carbocycles. The number of urea groups is 1. The number of carboxylic acid groups (broad SMARTS) is 2. The van der Waals surface area contributed by atoms with Crippen molar-refractivity contribution < 1.29 is 29.3 Å². The molecule has 3 fully saturated rings. The molecule has 0 radical (unpaired) electrons. The maximum Gasteiger partial charge on any atom is 0.341 e. The highest BCUT2D eigenvalue weighted by Crippen LogP contribution is 2.42. The highest BCUT2D eigenvalue weighted by atomic mass is 32.2. The largest absolute Gasteiger partial charge is 0.481 e. The van der Waals surface area contributed by atoms with Crippen molar-refractivity contribution in [2.75, 3.05) is 12.4 Å². The van der Waals surface area contributed by atoms with Gasteiger partial charge in [-0.1, -0.05) is 6.42 Å². The topological polar surface area (TPSA) is 154 Å². The highest BCUT2D eigenvalue weighted by molar-refractivity contribution is 8.00. The van der Waals surface area contributed by atoms with Gasteiger partial charge < -0.3 is 30.6 Å². The average Bonchev–Trinajstić information content (AvgIpc) is 3.52. The van der Waals surface area contributed by atoms with E-state index in [1.165, 1.54) is 11.3 Å². The van der Waals surface area contributed by atoms with Crippen molar-refractivity contribution in [3.8, 4) is 0 Å². The molecule has 3 aliphatic rings. The quantitative estimate of drug-likeness (QED) is 0.298. The molecule has 5 N–H and O–H groups in total. The Morgan fingerprint density at radius 3 is 2.84 bits per heavy atom. The molecule has 32 heavy (non-hydrogen) atoms. The van der Waals surface area contributed by atoms with E-state index in [0.717, 1.165) is 37.0 Å². The Balaban J connectivity index is 0.000000153. The van der Waals surface area contributed by atoms with E-state index in [2.05, 4.69) is 20.6 Å². The lowest BCUT2D eigenvalue weighted by Crippen LogP contribution is -2.36. The number of aliphatic carboxylic acids is 2. The number of carbonyl (C=O) groups is 3. The van der Waals surface area contributed by atoms with E-state index in [1.807, 2.05) is 17.1 Å². The molecule has 0 aromatic carbocycles. The molecule has 2 amide bonds. The first-order chi connectivity index (χ1) is 15.4. The molecule has 0 aliphatic carbocycles. The number of nitrogens with zero attached hydrogens (tertiary/aromatic N) is 1. The minimum absolute atomic E-state index is 0.0640. The van der Waals surface area contributed by atoms with Crippen molar-refractivity contribution in [3.63, 3.8) is 0 Å². The van der Waals surface area contributed by atoms with Crippen LogP contribution in [0.25, 0.3) is 11.0 Å². The number of thioether (sulfide) groups is 1. The van der Waals surface area contributed by atoms with E-state index in [-0.39, 0.29) is 24.5 Å². The van der Waals surface area contributed by atoms with Crippen molar-refractivity contribution in [2.45, 2.75) is 61.5 Å². The number of hydrogen-bond donors (Lipinski definition) is 5. The summed E-state index contributed by atoms with van der Waals surface area (Å²) in [5.74, 6) is -0.683. The van der Waals surface area contributed by atoms with Crippen LogP contribution in [0.4, 0.5) is 4.79 Å². The number of aromatic nitrogens is 2. The molecular weight excluding hydrogens is 456 g/mol. The van der Waals surface area contributed by atoms with E-state index in [4.69, 9.17) is 9.84 Å². The van der Waals surface area contributed by atoms with Crippen LogP contribution in [0.1, 0.15) is 43.4 Å². The number of nitrogens with one attached hydrogen (secondary N) is 3. The second-order valence-corrected chi connectivity index (χ2v) is 10.2. The molecule has 5 heterocycles. The highest BCUT2D eigenvalue weighted by Gasteiger charge is 2.47. The Morgan fingerprint density at radius 1 is 1.28 bits per heavy atom. The molecule has 12 heteroatoms. The van der Waals surface area contributed by atoms with Gasteiger partial charge in [0.2, 0.25) is 5.60 Å². The number of hydrogen-bond acceptors (Lipinski definition) is 7. The molecule has 3 aliphatic heterocycles. The number of thiophene rings is 1. The van der Waals surface area contributed by atoms with Gasteiger partial charge in [0, 0.05) is 29.4 Å². The fourth-order valence-corrected chi connectivity index (χ4v) is 7.06. The molecule has 1 unspecified atom stereocenters. The third kappa shape index (κ3) is 4.57. The zero-order chi connectivity index (χ0) is 22.7. The lowest BCUT2D eigenvalue weighted by atomic mass is 9.98. The number of carbonyl (C=O) groups excluding carboxylic acids is 1. The summed E-state index contributed by atoms with van der Waals surface area (Å²) in [5, 5.41) is 26.0. The van der Waals surface area contributed by atoms with Gasteiger partial charge in [-0.05, 0) is 25.7 Å². The van der Waals surface area contributed by atoms with E-state index in [1.54, 1.807) is 6.33 Å². The Bertz CT molecular complexity index is 986. The van der Waals surface area contributed by atoms with Gasteiger partial charge in [0.25, 0.3) is 0 Å². The summed E-state index contributed by atoms with van der Waals surface area (Å²) >= 11 is 3.26. The van der Waals surface area contributed by atoms with Crippen LogP contribution in [-0.2, 0) is 19.9 Å². The molecule has 174 valence electrons. The number of fused-ring (bicyclic) bond motifs is 2. The summed E-state index contributed by atoms with van der Waals surface area (Å²) in [6, 6.07) is 0.440. The van der Waals surface area contributed by atoms with Crippen molar-refractivity contribution in [3.05, 3.63) is 16.6 Å². The third-order valence-electron chi connectivity index (χ3n) is 5.98. The minimum Gasteiger partial charge on any atom is -0.481 e. The number of carboxylic acids is 2. The number of rotatable bonds is 7. The SMILES string of the molecule is O=C(O)C1(c2scc3[nH]cnc23)CCCO1.O=C(O)CCCC[C@@H]1SC[C@@H]2NC(=O)N[C@@H]21. The maximum absolute atomic E-state index is 11.4. The molecule has 2 aromatic heterocycles. The number of aromatic amines is 1. The number of unbranched alkanes of at least 4 members (excludes halogenated alkanes) is 1. The van der Waals surface area contributed by atoms with Crippen LogP contribution in [0.5, 0.6) is 0 Å². The van der Waals surface area contributed by atoms with Crippen molar-refractivity contribution in [2.24, 2.45) is 0 Å². The lowest BCUT2D eigenvalue weighted by Gasteiger charge is -2.21. The van der Waals surface area contributed by atoms with Crippen molar-refractivity contribution >= 4 is 52.1 Å². The number of imidazole rings is 1. The van der Waals surface area contributed by atoms with Gasteiger partial charge >= 0.3 is 18.0 Å². The first kappa shape index (κ1) is 22.9. The fraction of sp³-hybridized carbons (Fsp3) is 0.600. The lowest BCUT2D eigenvalue weighted by molar-refractivity contribution is -0.160. The Kier molecular flexibility index (Phi) is 6.91. The van der Waals surface area contributed by atoms with E-state index < -0.39 is 17.5 Å². The van der Waals surface area contributed by atoms with Crippen LogP contribution >= 0.6 is 23.1 Å². The standard InChI is InChI=1S/C10H10N2O3S.C10H16N2O3S/c13-9(14)10(2-1-3-15-10)8-7-6(4-16-8)11-5-12-7;13-8(14)4-2-1-3-7-9-6(5-16-7)11-10(15)12-9/h4-5H,1-3H2,(H,11,12)(H,13,14);6-7,9H,1-5H2,(H,13,14)(H2,11,12,15)/t;6-,7-,9-/m.0/s1. The van der Waals surface area contributed by atoms with E-state index in [0.29, 0.717) is 28.7 Å². The van der Waals surface area contributed by atoms with Crippen LogP contribution in [0.3, 0.4) is 0 Å². The Labute approximate surface area is 192 Å². The Morgan fingerprint density at radius 2 is 2.12 bits per heavy atom. The molecule has 0 bridgehead atoms. The molecule has 3 saturated heterocycles. The summed E-state index contributed by atoms with van der Waals surface area (Å²) in [4.78, 5) is 40.7. The van der Waals surface area contributed by atoms with Crippen LogP contribution in [0, 0.1) is 0 Å². The zero-order valence-corrected chi connectivity index (χ0v) is 19.0. The van der Waals surface area contributed by atoms with Gasteiger partial charge in [0.1, 0.15) is 5.52 Å². The second kappa shape index (κ2) is 9.67. The van der Waals surface area contributed by atoms with E-state index >= 15 is 0 Å². The minimum atomic E-state index is -1.18. The van der Waals surface area contributed by atoms with E-state index in [9.17, 15) is 19.5 Å². The van der Waals surface area contributed by atoms with Crippen molar-refractivity contribution in [1.82, 2.24) is 20.6 Å². The van der Waals surface area contributed by atoms with Crippen molar-refractivity contribution in [1.29, 1.82) is 0 Å². The normalized spacial score (nSPS) is 28.6. The predicted octanol–water partition coefficient (Wildman–Crippen LogP) is 2.51. The van der Waals surface area contributed by atoms with Crippen LogP contribution < -0.4 is 10.6 Å². The van der Waals surface area contributed by atoms with Gasteiger partial charge in [-0.3, -0.25) is 4.79 Å². The molecule has 4 atom stereocenters. The summed E-state index contributed by atoms with van der Waals surface area (Å²) in [5.41, 5.74) is 0.409. The Hall–Kier alpha value is -2.31. The first-order valence-corrected chi connectivity index (χ1v) is 12.5. The summed E-state index contributed by atoms with van der Waals surface area (Å²) in [6.07, 6.45) is 5.75. The van der Waals surface area contributed by atoms with Crippen LogP contribution in [-0.4, -0.2) is 67.8 Å². The number of amides is 2. The number of ether oxygens (including phenoxy) is 1. The molecule has 10 nitrogen and oxygen atoms in total. The molecule has 5 rings (SSSR count). The molecule has 0 spiro atoms. The van der Waals surface area contributed by atoms with Gasteiger partial charge in [-0.15, -0.1) is 11.3 Å². The van der Waals surface area contributed by atoms with Crippen LogP contribution in [0.15, 0.2) is 11.7 Å². The van der Waals surface area contributed by atoms with Crippen LogP contribution in [0.2, 0.25) is 0 Å². The maximum atomic E-state index is 11.4. The first-order valence-electron chi connectivity index (χ1n) is 10.6. The van der Waals surface area contributed by atoms with Gasteiger partial charge in [-0.2, -0.15) is 11.8 Å². The molecular formula is C20H26N4O6S2. The van der Waals surface area contributed by atoms with Gasteiger partial charge in [0.15, 0.2) is 0 Å². The third-order valence-corrected chi connectivity index (χ3v) is 8.60. The smallest absolute Gasteiger partial charge is 0.341 e. The molecule has 2 aromatic rings. The van der Waals surface area contributed by atoms with Gasteiger partial charge in [0.05, 0.1) is 28.8 Å². The van der Waals surface area contributed by atoms with Gasteiger partial charge in [-0.25, -0.2) is 14.6 Å².